The van der Waals surface area contributed by atoms with Crippen LogP contribution >= 0.6 is 0 Å². The van der Waals surface area contributed by atoms with Crippen molar-refractivity contribution in [1.82, 2.24) is 0 Å². The minimum absolute atomic E-state index is 0.914. The minimum atomic E-state index is 0.914. The van der Waals surface area contributed by atoms with Crippen LogP contribution in [0.15, 0.2) is 17.7 Å². The molecule has 0 N–H and O–H groups in total. The van der Waals surface area contributed by atoms with Crippen LogP contribution < -0.4 is 5.46 Å². The second-order valence-electron chi connectivity index (χ2n) is 5.03. The van der Waals surface area contributed by atoms with E-state index in [1.807, 2.05) is 6.07 Å². The molecule has 0 unspecified atom stereocenters. The van der Waals surface area contributed by atoms with Crippen LogP contribution in [-0.2, 0) is 6.42 Å². The molecule has 0 aliphatic carbocycles. The van der Waals surface area contributed by atoms with Crippen molar-refractivity contribution in [3.63, 3.8) is 0 Å². The summed E-state index contributed by atoms with van der Waals surface area (Å²) in [6, 6.07) is 4.23. The third-order valence-corrected chi connectivity index (χ3v) is 3.77. The summed E-state index contributed by atoms with van der Waals surface area (Å²) >= 11 is 0. The zero-order chi connectivity index (χ0) is 13.7. The quantitative estimate of drug-likeness (QED) is 0.672. The van der Waals surface area contributed by atoms with Crippen molar-refractivity contribution in [2.24, 2.45) is 0 Å². The Morgan fingerprint density at radius 1 is 1.17 bits per heavy atom. The van der Waals surface area contributed by atoms with E-state index in [1.54, 1.807) is 0 Å². The molecule has 0 aliphatic heterocycles. The van der Waals surface area contributed by atoms with Gasteiger partial charge >= 0.3 is 0 Å². The van der Waals surface area contributed by atoms with Gasteiger partial charge in [0.15, 0.2) is 0 Å². The lowest BCUT2D eigenvalue weighted by atomic mass is 9.81. The van der Waals surface area contributed by atoms with Crippen LogP contribution in [0.3, 0.4) is 0 Å². The average Bonchev–Trinajstić information content (AvgIpc) is 2.36. The van der Waals surface area contributed by atoms with Crippen LogP contribution in [0.5, 0.6) is 0 Å². The first kappa shape index (κ1) is 15.1. The van der Waals surface area contributed by atoms with Gasteiger partial charge < -0.3 is 0 Å². The van der Waals surface area contributed by atoms with Gasteiger partial charge in [0.2, 0.25) is 0 Å². The SMILES string of the molecule is [B]c1ccc(CC)c(/C(CC)=C(\C)CCC)c1C. The Labute approximate surface area is 114 Å². The van der Waals surface area contributed by atoms with Gasteiger partial charge in [-0.3, -0.25) is 0 Å². The van der Waals surface area contributed by atoms with Crippen molar-refractivity contribution in [1.29, 1.82) is 0 Å². The highest BCUT2D eigenvalue weighted by Gasteiger charge is 2.12. The molecule has 0 fully saturated rings. The van der Waals surface area contributed by atoms with Gasteiger partial charge in [-0.1, -0.05) is 55.9 Å². The highest BCUT2D eigenvalue weighted by molar-refractivity contribution is 6.33. The number of aryl methyl sites for hydroxylation is 1. The molecule has 96 valence electrons. The summed E-state index contributed by atoms with van der Waals surface area (Å²) in [6.45, 7) is 11.1. The molecule has 0 saturated carbocycles. The van der Waals surface area contributed by atoms with Crippen LogP contribution in [0.4, 0.5) is 0 Å². The molecule has 0 nitrogen and oxygen atoms in total. The highest BCUT2D eigenvalue weighted by Crippen LogP contribution is 2.29. The van der Waals surface area contributed by atoms with E-state index in [1.165, 1.54) is 40.7 Å². The molecule has 0 bridgehead atoms. The lowest BCUT2D eigenvalue weighted by molar-refractivity contribution is 0.900. The molecule has 0 heterocycles. The average molecular weight is 240 g/mol. The summed E-state index contributed by atoms with van der Waals surface area (Å²) < 4.78 is 0. The number of allylic oxidation sites excluding steroid dienone is 2. The van der Waals surface area contributed by atoms with Crippen LogP contribution in [0.2, 0.25) is 0 Å². The maximum Gasteiger partial charge on any atom is 0.114 e. The predicted molar refractivity (Wildman–Crippen MR) is 83.7 cm³/mol. The molecule has 0 aromatic heterocycles. The smallest absolute Gasteiger partial charge is 0.0932 e. The minimum Gasteiger partial charge on any atom is -0.0932 e. The van der Waals surface area contributed by atoms with E-state index in [9.17, 15) is 0 Å². The summed E-state index contributed by atoms with van der Waals surface area (Å²) in [4.78, 5) is 0. The summed E-state index contributed by atoms with van der Waals surface area (Å²) in [5.41, 5.74) is 8.01. The molecule has 0 amide bonds. The Bertz CT molecular complexity index is 441. The second kappa shape index (κ2) is 6.82. The zero-order valence-corrected chi connectivity index (χ0v) is 12.6. The molecular formula is C17H25B. The molecule has 0 atom stereocenters. The van der Waals surface area contributed by atoms with E-state index in [0.29, 0.717) is 0 Å². The van der Waals surface area contributed by atoms with Gasteiger partial charge in [-0.05, 0) is 49.8 Å². The van der Waals surface area contributed by atoms with Crippen LogP contribution in [0.25, 0.3) is 5.57 Å². The van der Waals surface area contributed by atoms with Crippen molar-refractivity contribution in [3.8, 4) is 0 Å². The Morgan fingerprint density at radius 3 is 2.33 bits per heavy atom. The number of benzene rings is 1. The first-order valence-corrected chi connectivity index (χ1v) is 7.13. The lowest BCUT2D eigenvalue weighted by Gasteiger charge is -2.19. The van der Waals surface area contributed by atoms with Gasteiger partial charge in [0.1, 0.15) is 7.85 Å². The third kappa shape index (κ3) is 3.07. The molecule has 1 aromatic rings. The second-order valence-corrected chi connectivity index (χ2v) is 5.03. The summed E-state index contributed by atoms with van der Waals surface area (Å²) in [6.07, 6.45) is 4.54. The molecule has 1 aromatic carbocycles. The molecule has 0 spiro atoms. The summed E-state index contributed by atoms with van der Waals surface area (Å²) in [7, 11) is 6.09. The Morgan fingerprint density at radius 2 is 1.83 bits per heavy atom. The van der Waals surface area contributed by atoms with E-state index < -0.39 is 0 Å². The van der Waals surface area contributed by atoms with E-state index in [0.717, 1.165) is 18.3 Å². The molecule has 18 heavy (non-hydrogen) atoms. The normalized spacial score (nSPS) is 12.5. The summed E-state index contributed by atoms with van der Waals surface area (Å²) in [5, 5.41) is 0. The summed E-state index contributed by atoms with van der Waals surface area (Å²) in [5.74, 6) is 0. The topological polar surface area (TPSA) is 0 Å². The Hall–Kier alpha value is -0.975. The lowest BCUT2D eigenvalue weighted by Crippen LogP contribution is -2.12. The fraction of sp³-hybridized carbons (Fsp3) is 0.529. The van der Waals surface area contributed by atoms with Gasteiger partial charge in [-0.2, -0.15) is 0 Å². The molecule has 1 rings (SSSR count). The predicted octanol–water partition coefficient (Wildman–Crippen LogP) is 4.33. The van der Waals surface area contributed by atoms with Crippen molar-refractivity contribution in [2.75, 3.05) is 0 Å². The van der Waals surface area contributed by atoms with E-state index >= 15 is 0 Å². The van der Waals surface area contributed by atoms with Crippen molar-refractivity contribution >= 4 is 18.9 Å². The first-order valence-electron chi connectivity index (χ1n) is 7.13. The fourth-order valence-electron chi connectivity index (χ4n) is 2.72. The van der Waals surface area contributed by atoms with Crippen LogP contribution in [-0.4, -0.2) is 7.85 Å². The zero-order valence-electron chi connectivity index (χ0n) is 12.6. The maximum atomic E-state index is 6.09. The number of hydrogen-bond acceptors (Lipinski definition) is 0. The van der Waals surface area contributed by atoms with Gasteiger partial charge in [0, 0.05) is 0 Å². The largest absolute Gasteiger partial charge is 0.114 e. The monoisotopic (exact) mass is 240 g/mol. The third-order valence-electron chi connectivity index (χ3n) is 3.77. The number of rotatable bonds is 5. The standard InChI is InChI=1S/C17H25B/c1-6-9-12(4)15(8-3)17-13(5)16(18)11-10-14(17)7-2/h10-11H,6-9H2,1-5H3/b15-12+. The van der Waals surface area contributed by atoms with E-state index in [4.69, 9.17) is 7.85 Å². The Balaban J connectivity index is 3.45. The van der Waals surface area contributed by atoms with Crippen LogP contribution in [0, 0.1) is 6.92 Å². The van der Waals surface area contributed by atoms with Gasteiger partial charge in [0.25, 0.3) is 0 Å². The van der Waals surface area contributed by atoms with E-state index in [2.05, 4.69) is 40.7 Å². The highest BCUT2D eigenvalue weighted by atomic mass is 14.2. The molecular weight excluding hydrogens is 215 g/mol. The van der Waals surface area contributed by atoms with Gasteiger partial charge in [-0.15, -0.1) is 0 Å². The molecule has 0 saturated heterocycles. The van der Waals surface area contributed by atoms with Crippen LogP contribution in [0.1, 0.15) is 63.6 Å². The maximum absolute atomic E-state index is 6.09. The Kier molecular flexibility index (Phi) is 5.72. The van der Waals surface area contributed by atoms with Crippen molar-refractivity contribution in [3.05, 3.63) is 34.4 Å². The molecule has 2 radical (unpaired) electrons. The molecule has 0 aliphatic rings. The molecule has 1 heteroatoms. The van der Waals surface area contributed by atoms with Crippen molar-refractivity contribution in [2.45, 2.75) is 60.3 Å². The number of hydrogen-bond donors (Lipinski definition) is 0. The fourth-order valence-corrected chi connectivity index (χ4v) is 2.72. The van der Waals surface area contributed by atoms with Crippen molar-refractivity contribution < 1.29 is 0 Å². The van der Waals surface area contributed by atoms with E-state index in [-0.39, 0.29) is 0 Å². The van der Waals surface area contributed by atoms with Gasteiger partial charge in [0.05, 0.1) is 0 Å². The van der Waals surface area contributed by atoms with Gasteiger partial charge in [-0.25, -0.2) is 0 Å². The first-order chi connectivity index (χ1) is 8.56.